The van der Waals surface area contributed by atoms with Gasteiger partial charge in [0, 0.05) is 29.2 Å². The first-order chi connectivity index (χ1) is 17.3. The third-order valence-electron chi connectivity index (χ3n) is 6.64. The first kappa shape index (κ1) is 26.4. The number of phenolic OH excluding ortho intramolecular Hbond substituents is 3. The molecule has 0 fully saturated rings. The average Bonchev–Trinajstić information content (AvgIpc) is 3.23. The van der Waals surface area contributed by atoms with Crippen molar-refractivity contribution >= 4 is 11.0 Å². The van der Waals surface area contributed by atoms with Gasteiger partial charge >= 0.3 is 0 Å². The average molecular weight is 507 g/mol. The zero-order valence-corrected chi connectivity index (χ0v) is 22.1. The number of aromatic hydroxyl groups is 3. The highest BCUT2D eigenvalue weighted by atomic mass is 16.5. The van der Waals surface area contributed by atoms with Crippen LogP contribution in [0, 0.1) is 0 Å². The van der Waals surface area contributed by atoms with E-state index in [9.17, 15) is 25.2 Å². The van der Waals surface area contributed by atoms with E-state index in [4.69, 9.17) is 9.15 Å². The number of aliphatic hydroxyl groups is 1. The molecule has 7 heteroatoms. The van der Waals surface area contributed by atoms with Crippen LogP contribution in [0.2, 0.25) is 0 Å². The monoisotopic (exact) mass is 506 g/mol. The maximum absolute atomic E-state index is 14.0. The van der Waals surface area contributed by atoms with E-state index in [1.165, 1.54) is 18.2 Å². The summed E-state index contributed by atoms with van der Waals surface area (Å²) in [6, 6.07) is 4.07. The molecule has 3 aromatic rings. The molecule has 2 heterocycles. The molecule has 0 saturated carbocycles. The van der Waals surface area contributed by atoms with Crippen molar-refractivity contribution in [1.82, 2.24) is 0 Å². The fourth-order valence-corrected chi connectivity index (χ4v) is 4.55. The van der Waals surface area contributed by atoms with Crippen molar-refractivity contribution in [3.8, 4) is 34.3 Å². The number of phenols is 3. The summed E-state index contributed by atoms with van der Waals surface area (Å²) in [7, 11) is 0. The zero-order valence-electron chi connectivity index (χ0n) is 22.1. The fraction of sp³-hybridized carbons (Fsp3) is 0.367. The molecule has 4 N–H and O–H groups in total. The van der Waals surface area contributed by atoms with Crippen LogP contribution in [0.1, 0.15) is 58.2 Å². The molecule has 1 atom stereocenters. The fourth-order valence-electron chi connectivity index (χ4n) is 4.55. The summed E-state index contributed by atoms with van der Waals surface area (Å²) in [4.78, 5) is 14.0. The summed E-state index contributed by atoms with van der Waals surface area (Å²) < 4.78 is 12.5. The molecule has 2 aromatic carbocycles. The molecule has 7 nitrogen and oxygen atoms in total. The number of ether oxygens (including phenoxy) is 1. The first-order valence-electron chi connectivity index (χ1n) is 12.3. The summed E-state index contributed by atoms with van der Waals surface area (Å²) in [5, 5.41) is 42.6. The maximum Gasteiger partial charge on any atom is 0.200 e. The molecule has 0 radical (unpaired) electrons. The standard InChI is InChI=1S/C30H34O7/c1-15(2)7-10-19-25(33)24-26(34)20(11-8-16(3)4)28-21(14-23(36-28)30(5,6)35)29(24)37-27(19)18-12-9-17(31)13-22(18)32/h7-9,12-13,23,31-32,34-35H,10-11,14H2,1-6H3/t23-/m0/s1. The highest BCUT2D eigenvalue weighted by molar-refractivity contribution is 5.93. The topological polar surface area (TPSA) is 120 Å². The van der Waals surface area contributed by atoms with Crippen LogP contribution >= 0.6 is 0 Å². The molecule has 0 amide bonds. The van der Waals surface area contributed by atoms with E-state index in [1.807, 2.05) is 39.8 Å². The number of benzene rings is 2. The molecular formula is C30H34O7. The number of rotatable bonds is 6. The Balaban J connectivity index is 2.12. The van der Waals surface area contributed by atoms with Crippen LogP contribution in [0.3, 0.4) is 0 Å². The van der Waals surface area contributed by atoms with Crippen molar-refractivity contribution in [2.75, 3.05) is 0 Å². The smallest absolute Gasteiger partial charge is 0.200 e. The molecule has 196 valence electrons. The van der Waals surface area contributed by atoms with E-state index in [0.717, 1.165) is 11.1 Å². The van der Waals surface area contributed by atoms with Crippen LogP contribution < -0.4 is 10.2 Å². The highest BCUT2D eigenvalue weighted by Crippen LogP contribution is 2.47. The predicted octanol–water partition coefficient (Wildman–Crippen LogP) is 5.67. The van der Waals surface area contributed by atoms with E-state index in [-0.39, 0.29) is 57.9 Å². The van der Waals surface area contributed by atoms with Gasteiger partial charge in [0.25, 0.3) is 0 Å². The lowest BCUT2D eigenvalue weighted by atomic mass is 9.92. The van der Waals surface area contributed by atoms with Crippen LogP contribution in [-0.4, -0.2) is 32.1 Å². The van der Waals surface area contributed by atoms with Gasteiger partial charge in [-0.05, 0) is 66.5 Å². The highest BCUT2D eigenvalue weighted by Gasteiger charge is 2.39. The van der Waals surface area contributed by atoms with E-state index in [1.54, 1.807) is 13.8 Å². The summed E-state index contributed by atoms with van der Waals surface area (Å²) >= 11 is 0. The second-order valence-corrected chi connectivity index (χ2v) is 10.7. The van der Waals surface area contributed by atoms with Gasteiger partial charge in [-0.25, -0.2) is 0 Å². The van der Waals surface area contributed by atoms with Gasteiger partial charge in [0.2, 0.25) is 5.43 Å². The Kier molecular flexibility index (Phi) is 6.86. The van der Waals surface area contributed by atoms with Crippen LogP contribution in [0.25, 0.3) is 22.3 Å². The molecule has 1 aliphatic rings. The van der Waals surface area contributed by atoms with Crippen molar-refractivity contribution in [2.45, 2.75) is 72.5 Å². The third kappa shape index (κ3) is 4.96. The SMILES string of the molecule is CC(C)=CCc1c2c(c3oc(-c4ccc(O)cc4O)c(CC=C(C)C)c(=O)c3c1O)C[C@@H](C(C)(C)O)O2. The van der Waals surface area contributed by atoms with Crippen molar-refractivity contribution in [3.63, 3.8) is 0 Å². The van der Waals surface area contributed by atoms with Gasteiger partial charge in [-0.2, -0.15) is 0 Å². The zero-order chi connectivity index (χ0) is 27.2. The molecule has 0 spiro atoms. The normalized spacial score (nSPS) is 14.8. The van der Waals surface area contributed by atoms with Gasteiger partial charge in [-0.15, -0.1) is 0 Å². The van der Waals surface area contributed by atoms with Crippen molar-refractivity contribution in [1.29, 1.82) is 0 Å². The van der Waals surface area contributed by atoms with Crippen LogP contribution in [0.15, 0.2) is 50.7 Å². The van der Waals surface area contributed by atoms with Gasteiger partial charge in [-0.1, -0.05) is 23.3 Å². The summed E-state index contributed by atoms with van der Waals surface area (Å²) in [6.45, 7) is 11.0. The Bertz CT molecular complexity index is 1490. The molecule has 0 aliphatic carbocycles. The van der Waals surface area contributed by atoms with Gasteiger partial charge < -0.3 is 29.6 Å². The lowest BCUT2D eigenvalue weighted by Gasteiger charge is -2.25. The van der Waals surface area contributed by atoms with E-state index in [2.05, 4.69) is 0 Å². The number of hydrogen-bond donors (Lipinski definition) is 4. The van der Waals surface area contributed by atoms with Crippen molar-refractivity contribution in [3.05, 3.63) is 68.4 Å². The molecule has 0 unspecified atom stereocenters. The number of allylic oxidation sites excluding steroid dienone is 4. The van der Waals surface area contributed by atoms with Gasteiger partial charge in [0.15, 0.2) is 0 Å². The van der Waals surface area contributed by atoms with Crippen molar-refractivity contribution in [2.24, 2.45) is 0 Å². The maximum atomic E-state index is 14.0. The Morgan fingerprint density at radius 3 is 2.22 bits per heavy atom. The van der Waals surface area contributed by atoms with Crippen LogP contribution in [0.5, 0.6) is 23.0 Å². The third-order valence-corrected chi connectivity index (χ3v) is 6.64. The Hall–Kier alpha value is -3.71. The summed E-state index contributed by atoms with van der Waals surface area (Å²) in [5.74, 6) is -0.0309. The minimum Gasteiger partial charge on any atom is -0.508 e. The van der Waals surface area contributed by atoms with E-state index >= 15 is 0 Å². The first-order valence-corrected chi connectivity index (χ1v) is 12.3. The molecule has 0 bridgehead atoms. The molecule has 4 rings (SSSR count). The molecular weight excluding hydrogens is 472 g/mol. The predicted molar refractivity (Wildman–Crippen MR) is 144 cm³/mol. The largest absolute Gasteiger partial charge is 0.508 e. The van der Waals surface area contributed by atoms with Crippen LogP contribution in [0.4, 0.5) is 0 Å². The Morgan fingerprint density at radius 2 is 1.65 bits per heavy atom. The lowest BCUT2D eigenvalue weighted by molar-refractivity contribution is -0.0232. The summed E-state index contributed by atoms with van der Waals surface area (Å²) in [6.07, 6.45) is 4.04. The van der Waals surface area contributed by atoms with Crippen molar-refractivity contribution < 1.29 is 29.6 Å². The Morgan fingerprint density at radius 1 is 1.03 bits per heavy atom. The second kappa shape index (κ2) is 9.63. The molecule has 37 heavy (non-hydrogen) atoms. The van der Waals surface area contributed by atoms with E-state index < -0.39 is 17.1 Å². The lowest BCUT2D eigenvalue weighted by Crippen LogP contribution is -2.39. The molecule has 0 saturated heterocycles. The second-order valence-electron chi connectivity index (χ2n) is 10.7. The van der Waals surface area contributed by atoms with Crippen LogP contribution in [-0.2, 0) is 19.3 Å². The minimum absolute atomic E-state index is 0.0510. The quantitative estimate of drug-likeness (QED) is 0.318. The number of hydrogen-bond acceptors (Lipinski definition) is 7. The van der Waals surface area contributed by atoms with E-state index in [0.29, 0.717) is 23.3 Å². The molecule has 1 aliphatic heterocycles. The van der Waals surface area contributed by atoms with Gasteiger partial charge in [-0.3, -0.25) is 4.79 Å². The molecule has 1 aromatic heterocycles. The number of fused-ring (bicyclic) bond motifs is 3. The van der Waals surface area contributed by atoms with Gasteiger partial charge in [0.1, 0.15) is 45.8 Å². The Labute approximate surface area is 216 Å². The van der Waals surface area contributed by atoms with Gasteiger partial charge in [0.05, 0.1) is 11.2 Å². The summed E-state index contributed by atoms with van der Waals surface area (Å²) in [5.41, 5.74) is 2.17. The minimum atomic E-state index is -1.18.